The van der Waals surface area contributed by atoms with E-state index in [1.54, 1.807) is 12.1 Å². The van der Waals surface area contributed by atoms with E-state index in [-0.39, 0.29) is 17.2 Å². The monoisotopic (exact) mass is 298 g/mol. The van der Waals surface area contributed by atoms with Crippen LogP contribution >= 0.6 is 0 Å². The Kier molecular flexibility index (Phi) is 4.06. The first-order valence-electron chi connectivity index (χ1n) is 7.39. The average Bonchev–Trinajstić information content (AvgIpc) is 2.76. The Bertz CT molecular complexity index is 700. The van der Waals surface area contributed by atoms with Gasteiger partial charge in [-0.2, -0.15) is 0 Å². The second-order valence-corrected chi connectivity index (χ2v) is 5.53. The van der Waals surface area contributed by atoms with E-state index in [4.69, 9.17) is 0 Å². The summed E-state index contributed by atoms with van der Waals surface area (Å²) in [7, 11) is 0. The van der Waals surface area contributed by atoms with Gasteiger partial charge in [0.15, 0.2) is 0 Å². The van der Waals surface area contributed by atoms with Crippen molar-refractivity contribution in [2.75, 3.05) is 11.4 Å². The molecule has 0 aromatic heterocycles. The first kappa shape index (κ1) is 14.5. The van der Waals surface area contributed by atoms with Gasteiger partial charge in [-0.15, -0.1) is 0 Å². The molecule has 0 saturated heterocycles. The summed E-state index contributed by atoms with van der Waals surface area (Å²) in [5, 5.41) is 20.6. The van der Waals surface area contributed by atoms with Crippen LogP contribution in [0.4, 0.5) is 11.4 Å². The fourth-order valence-electron chi connectivity index (χ4n) is 2.98. The summed E-state index contributed by atoms with van der Waals surface area (Å²) in [6, 6.07) is 13.0. The molecule has 0 spiro atoms. The second kappa shape index (κ2) is 6.15. The van der Waals surface area contributed by atoms with Gasteiger partial charge < -0.3 is 10.0 Å². The Labute approximate surface area is 129 Å². The summed E-state index contributed by atoms with van der Waals surface area (Å²) in [4.78, 5) is 13.0. The summed E-state index contributed by atoms with van der Waals surface area (Å²) in [5.74, 6) is 0. The van der Waals surface area contributed by atoms with Crippen molar-refractivity contribution in [3.63, 3.8) is 0 Å². The Morgan fingerprint density at radius 2 is 1.95 bits per heavy atom. The zero-order valence-corrected chi connectivity index (χ0v) is 12.2. The van der Waals surface area contributed by atoms with E-state index in [9.17, 15) is 15.2 Å². The number of benzene rings is 2. The van der Waals surface area contributed by atoms with E-state index in [0.29, 0.717) is 17.8 Å². The molecule has 1 heterocycles. The molecule has 0 unspecified atom stereocenters. The van der Waals surface area contributed by atoms with Gasteiger partial charge >= 0.3 is 0 Å². The van der Waals surface area contributed by atoms with Crippen LogP contribution in [0.2, 0.25) is 0 Å². The van der Waals surface area contributed by atoms with Crippen LogP contribution in [-0.2, 0) is 19.6 Å². The molecule has 0 radical (unpaired) electrons. The molecule has 114 valence electrons. The zero-order chi connectivity index (χ0) is 15.5. The number of hydrogen-bond acceptors (Lipinski definition) is 4. The number of nitro groups is 1. The van der Waals surface area contributed by atoms with Crippen molar-refractivity contribution in [1.82, 2.24) is 0 Å². The summed E-state index contributed by atoms with van der Waals surface area (Å²) in [6.07, 6.45) is 1.94. The maximum Gasteiger partial charge on any atom is 0.292 e. The lowest BCUT2D eigenvalue weighted by Crippen LogP contribution is -2.23. The van der Waals surface area contributed by atoms with E-state index in [1.165, 1.54) is 17.2 Å². The number of aliphatic hydroxyl groups is 1. The van der Waals surface area contributed by atoms with Gasteiger partial charge in [0.2, 0.25) is 0 Å². The number of nitrogens with zero attached hydrogens (tertiary/aromatic N) is 2. The van der Waals surface area contributed by atoms with E-state index in [2.05, 4.69) is 12.1 Å². The van der Waals surface area contributed by atoms with Crippen LogP contribution in [0.3, 0.4) is 0 Å². The van der Waals surface area contributed by atoms with Crippen molar-refractivity contribution in [2.24, 2.45) is 0 Å². The predicted octanol–water partition coefficient (Wildman–Crippen LogP) is 3.04. The normalized spacial score (nSPS) is 14.3. The van der Waals surface area contributed by atoms with Gasteiger partial charge in [0.25, 0.3) is 5.69 Å². The van der Waals surface area contributed by atoms with Crippen LogP contribution in [0, 0.1) is 10.1 Å². The van der Waals surface area contributed by atoms with Crippen LogP contribution < -0.4 is 4.90 Å². The van der Waals surface area contributed by atoms with Gasteiger partial charge in [0, 0.05) is 19.2 Å². The lowest BCUT2D eigenvalue weighted by Gasteiger charge is -2.23. The highest BCUT2D eigenvalue weighted by Gasteiger charge is 2.22. The summed E-state index contributed by atoms with van der Waals surface area (Å²) in [5.41, 5.74) is 3.90. The van der Waals surface area contributed by atoms with Crippen molar-refractivity contribution < 1.29 is 10.0 Å². The molecule has 0 atom stereocenters. The average molecular weight is 298 g/mol. The van der Waals surface area contributed by atoms with Gasteiger partial charge in [0.1, 0.15) is 5.69 Å². The van der Waals surface area contributed by atoms with Gasteiger partial charge in [-0.1, -0.05) is 24.3 Å². The van der Waals surface area contributed by atoms with E-state index in [0.717, 1.165) is 19.4 Å². The van der Waals surface area contributed by atoms with Crippen LogP contribution in [0.1, 0.15) is 23.1 Å². The largest absolute Gasteiger partial charge is 0.392 e. The molecule has 2 aromatic rings. The van der Waals surface area contributed by atoms with Crippen LogP contribution in [-0.4, -0.2) is 16.6 Å². The van der Waals surface area contributed by atoms with Crippen molar-refractivity contribution in [3.8, 4) is 0 Å². The molecule has 5 nitrogen and oxygen atoms in total. The highest BCUT2D eigenvalue weighted by atomic mass is 16.6. The van der Waals surface area contributed by atoms with Crippen molar-refractivity contribution in [3.05, 3.63) is 69.3 Å². The molecular formula is C17H18N2O3. The quantitative estimate of drug-likeness (QED) is 0.698. The van der Waals surface area contributed by atoms with Crippen molar-refractivity contribution in [1.29, 1.82) is 0 Å². The lowest BCUT2D eigenvalue weighted by atomic mass is 10.0. The summed E-state index contributed by atoms with van der Waals surface area (Å²) < 4.78 is 0. The second-order valence-electron chi connectivity index (χ2n) is 5.53. The molecule has 0 fully saturated rings. The molecule has 5 heteroatoms. The number of fused-ring (bicyclic) bond motifs is 1. The van der Waals surface area contributed by atoms with Gasteiger partial charge in [-0.3, -0.25) is 10.1 Å². The minimum Gasteiger partial charge on any atom is -0.392 e. The molecule has 0 saturated carbocycles. The number of nitro benzene ring substituents is 1. The number of hydrogen-bond donors (Lipinski definition) is 1. The third-order valence-corrected chi connectivity index (χ3v) is 4.11. The molecular weight excluding hydrogens is 280 g/mol. The minimum atomic E-state index is -0.354. The molecule has 0 bridgehead atoms. The molecule has 1 N–H and O–H groups in total. The maximum atomic E-state index is 11.3. The third-order valence-electron chi connectivity index (χ3n) is 4.11. The predicted molar refractivity (Wildman–Crippen MR) is 84.8 cm³/mol. The van der Waals surface area contributed by atoms with E-state index < -0.39 is 0 Å². The fraction of sp³-hybridized carbons (Fsp3) is 0.294. The number of aliphatic hydroxyl groups excluding tert-OH is 1. The highest BCUT2D eigenvalue weighted by Crippen LogP contribution is 2.32. The lowest BCUT2D eigenvalue weighted by molar-refractivity contribution is -0.384. The molecule has 1 aliphatic rings. The molecule has 2 aromatic carbocycles. The van der Waals surface area contributed by atoms with Crippen LogP contribution in [0.15, 0.2) is 42.5 Å². The van der Waals surface area contributed by atoms with Gasteiger partial charge in [0.05, 0.1) is 11.5 Å². The molecule has 22 heavy (non-hydrogen) atoms. The van der Waals surface area contributed by atoms with Crippen LogP contribution in [0.5, 0.6) is 0 Å². The van der Waals surface area contributed by atoms with Crippen LogP contribution in [0.25, 0.3) is 0 Å². The highest BCUT2D eigenvalue weighted by molar-refractivity contribution is 5.65. The third kappa shape index (κ3) is 2.80. The zero-order valence-electron chi connectivity index (χ0n) is 12.2. The number of anilines is 1. The molecule has 0 amide bonds. The SMILES string of the molecule is O=[N+]([O-])c1ccc(CO)cc1N1CCCc2ccccc2C1. The molecule has 1 aliphatic heterocycles. The smallest absolute Gasteiger partial charge is 0.292 e. The number of aryl methyl sites for hydroxylation is 1. The molecule has 0 aliphatic carbocycles. The van der Waals surface area contributed by atoms with Crippen molar-refractivity contribution in [2.45, 2.75) is 26.0 Å². The fourth-order valence-corrected chi connectivity index (χ4v) is 2.98. The summed E-state index contributed by atoms with van der Waals surface area (Å²) >= 11 is 0. The molecule has 3 rings (SSSR count). The van der Waals surface area contributed by atoms with Gasteiger partial charge in [-0.05, 0) is 41.7 Å². The topological polar surface area (TPSA) is 66.6 Å². The Balaban J connectivity index is 2.01. The first-order valence-corrected chi connectivity index (χ1v) is 7.39. The number of rotatable bonds is 3. The standard InChI is InChI=1S/C17H18N2O3/c20-12-13-7-8-16(19(21)22)17(10-13)18-9-3-6-14-4-1-2-5-15(14)11-18/h1-2,4-5,7-8,10,20H,3,6,9,11-12H2. The maximum absolute atomic E-state index is 11.3. The summed E-state index contributed by atoms with van der Waals surface area (Å²) in [6.45, 7) is 1.31. The minimum absolute atomic E-state index is 0.0941. The van der Waals surface area contributed by atoms with Crippen molar-refractivity contribution >= 4 is 11.4 Å². The Morgan fingerprint density at radius 3 is 2.68 bits per heavy atom. The Morgan fingerprint density at radius 1 is 1.18 bits per heavy atom. The van der Waals surface area contributed by atoms with E-state index >= 15 is 0 Å². The van der Waals surface area contributed by atoms with E-state index in [1.807, 2.05) is 17.0 Å². The Hall–Kier alpha value is -2.40. The van der Waals surface area contributed by atoms with Gasteiger partial charge in [-0.25, -0.2) is 0 Å². The first-order chi connectivity index (χ1) is 10.7.